The van der Waals surface area contributed by atoms with Gasteiger partial charge in [-0.15, -0.1) is 0 Å². The van der Waals surface area contributed by atoms with Crippen LogP contribution in [-0.2, 0) is 6.54 Å². The molecule has 3 atom stereocenters. The minimum absolute atomic E-state index is 0.202. The molecule has 0 aromatic heterocycles. The number of nitrogens with zero attached hydrogens (tertiary/aromatic N) is 1. The average Bonchev–Trinajstić information content (AvgIpc) is 2.78. The van der Waals surface area contributed by atoms with Crippen molar-refractivity contribution in [2.75, 3.05) is 13.1 Å². The minimum atomic E-state index is -0.202. The highest BCUT2D eigenvalue weighted by molar-refractivity contribution is 6.31. The van der Waals surface area contributed by atoms with Crippen LogP contribution in [0.25, 0.3) is 0 Å². The summed E-state index contributed by atoms with van der Waals surface area (Å²) in [6.07, 6.45) is 3.63. The molecule has 2 N–H and O–H groups in total. The van der Waals surface area contributed by atoms with Crippen LogP contribution in [0, 0.1) is 17.7 Å². The number of nitrogens with two attached hydrogens (primary N) is 1. The van der Waals surface area contributed by atoms with Gasteiger partial charge in [0, 0.05) is 36.3 Å². The zero-order valence-electron chi connectivity index (χ0n) is 11.0. The fourth-order valence-electron chi connectivity index (χ4n) is 3.65. The maximum Gasteiger partial charge on any atom is 0.129 e. The third-order valence-corrected chi connectivity index (χ3v) is 5.03. The number of likely N-dealkylation sites (tertiary alicyclic amines) is 1. The molecule has 0 amide bonds. The van der Waals surface area contributed by atoms with Gasteiger partial charge in [0.05, 0.1) is 0 Å². The topological polar surface area (TPSA) is 29.3 Å². The Balaban J connectivity index is 1.72. The Labute approximate surface area is 118 Å². The van der Waals surface area contributed by atoms with Gasteiger partial charge in [-0.1, -0.05) is 24.1 Å². The van der Waals surface area contributed by atoms with Crippen LogP contribution in [0.1, 0.15) is 24.8 Å². The van der Waals surface area contributed by atoms with E-state index in [0.717, 1.165) is 19.5 Å². The van der Waals surface area contributed by atoms with Gasteiger partial charge in [0.15, 0.2) is 0 Å². The zero-order valence-corrected chi connectivity index (χ0v) is 11.7. The molecule has 4 heteroatoms. The van der Waals surface area contributed by atoms with Gasteiger partial charge < -0.3 is 5.73 Å². The quantitative estimate of drug-likeness (QED) is 0.903. The summed E-state index contributed by atoms with van der Waals surface area (Å²) in [4.78, 5) is 2.31. The molecule has 1 saturated carbocycles. The van der Waals surface area contributed by atoms with Crippen molar-refractivity contribution in [3.63, 3.8) is 0 Å². The highest BCUT2D eigenvalue weighted by atomic mass is 35.5. The van der Waals surface area contributed by atoms with E-state index in [0.29, 0.717) is 35.0 Å². The third-order valence-electron chi connectivity index (χ3n) is 4.67. The second-order valence-electron chi connectivity index (χ2n) is 5.91. The number of fused-ring (bicyclic) bond motifs is 1. The Hall–Kier alpha value is -0.640. The van der Waals surface area contributed by atoms with Crippen LogP contribution in [0.15, 0.2) is 18.2 Å². The van der Waals surface area contributed by atoms with E-state index in [-0.39, 0.29) is 5.82 Å². The minimum Gasteiger partial charge on any atom is -0.327 e. The molecule has 2 aliphatic rings. The van der Waals surface area contributed by atoms with Crippen molar-refractivity contribution in [3.8, 4) is 0 Å². The summed E-state index contributed by atoms with van der Waals surface area (Å²) in [5.74, 6) is 1.07. The SMILES string of the molecule is NC1CCCC2CN(Cc3c(F)cccc3Cl)CC12. The predicted molar refractivity (Wildman–Crippen MR) is 75.5 cm³/mol. The maximum atomic E-state index is 13.8. The van der Waals surface area contributed by atoms with E-state index in [1.54, 1.807) is 12.1 Å². The van der Waals surface area contributed by atoms with Crippen molar-refractivity contribution < 1.29 is 4.39 Å². The molecule has 0 spiro atoms. The van der Waals surface area contributed by atoms with E-state index >= 15 is 0 Å². The molecule has 0 bridgehead atoms. The van der Waals surface area contributed by atoms with E-state index in [9.17, 15) is 4.39 Å². The van der Waals surface area contributed by atoms with E-state index in [1.807, 2.05) is 0 Å². The summed E-state index contributed by atoms with van der Waals surface area (Å²) in [6.45, 7) is 2.62. The first kappa shape index (κ1) is 13.3. The highest BCUT2D eigenvalue weighted by Gasteiger charge is 2.38. The summed E-state index contributed by atoms with van der Waals surface area (Å²) in [7, 11) is 0. The van der Waals surface area contributed by atoms with Gasteiger partial charge in [-0.05, 0) is 36.8 Å². The summed E-state index contributed by atoms with van der Waals surface area (Å²) in [5, 5.41) is 0.527. The molecule has 1 saturated heterocycles. The van der Waals surface area contributed by atoms with Crippen LogP contribution in [0.3, 0.4) is 0 Å². The number of benzene rings is 1. The van der Waals surface area contributed by atoms with Crippen LogP contribution in [-0.4, -0.2) is 24.0 Å². The first-order valence-electron chi connectivity index (χ1n) is 7.06. The normalized spacial score (nSPS) is 31.4. The first-order valence-corrected chi connectivity index (χ1v) is 7.44. The van der Waals surface area contributed by atoms with Gasteiger partial charge in [-0.25, -0.2) is 4.39 Å². The number of hydrogen-bond donors (Lipinski definition) is 1. The molecule has 3 rings (SSSR count). The third kappa shape index (κ3) is 2.64. The van der Waals surface area contributed by atoms with Crippen LogP contribution < -0.4 is 5.73 Å². The van der Waals surface area contributed by atoms with Gasteiger partial charge >= 0.3 is 0 Å². The largest absolute Gasteiger partial charge is 0.327 e. The Morgan fingerprint density at radius 3 is 2.89 bits per heavy atom. The summed E-state index contributed by atoms with van der Waals surface area (Å²) in [5.41, 5.74) is 6.83. The molecule has 1 heterocycles. The Morgan fingerprint density at radius 1 is 1.32 bits per heavy atom. The van der Waals surface area contributed by atoms with Crippen molar-refractivity contribution in [1.82, 2.24) is 4.90 Å². The van der Waals surface area contributed by atoms with Gasteiger partial charge in [0.25, 0.3) is 0 Å². The van der Waals surface area contributed by atoms with Crippen molar-refractivity contribution in [2.24, 2.45) is 17.6 Å². The molecule has 0 radical (unpaired) electrons. The Kier molecular flexibility index (Phi) is 3.79. The lowest BCUT2D eigenvalue weighted by Gasteiger charge is -2.29. The molecule has 1 aromatic rings. The molecule has 104 valence electrons. The monoisotopic (exact) mass is 282 g/mol. The van der Waals surface area contributed by atoms with E-state index < -0.39 is 0 Å². The smallest absolute Gasteiger partial charge is 0.129 e. The molecule has 2 fully saturated rings. The van der Waals surface area contributed by atoms with Crippen molar-refractivity contribution >= 4 is 11.6 Å². The lowest BCUT2D eigenvalue weighted by atomic mass is 9.78. The second-order valence-corrected chi connectivity index (χ2v) is 6.32. The number of halogens is 2. The molecular weight excluding hydrogens is 263 g/mol. The number of rotatable bonds is 2. The molecule has 19 heavy (non-hydrogen) atoms. The Bertz CT molecular complexity index is 445. The van der Waals surface area contributed by atoms with Gasteiger partial charge in [0.1, 0.15) is 5.82 Å². The summed E-state index contributed by atoms with van der Waals surface area (Å²) >= 11 is 6.10. The van der Waals surface area contributed by atoms with Gasteiger partial charge in [-0.3, -0.25) is 4.90 Å². The average molecular weight is 283 g/mol. The lowest BCUT2D eigenvalue weighted by molar-refractivity contribution is 0.259. The van der Waals surface area contributed by atoms with E-state index in [1.165, 1.54) is 18.9 Å². The van der Waals surface area contributed by atoms with Crippen LogP contribution >= 0.6 is 11.6 Å². The predicted octanol–water partition coefficient (Wildman–Crippen LogP) is 3.04. The van der Waals surface area contributed by atoms with Gasteiger partial charge in [-0.2, -0.15) is 0 Å². The molecule has 3 unspecified atom stereocenters. The molecular formula is C15H20ClFN2. The van der Waals surface area contributed by atoms with Crippen LogP contribution in [0.5, 0.6) is 0 Å². The first-order chi connectivity index (χ1) is 9.15. The van der Waals surface area contributed by atoms with Crippen LogP contribution in [0.4, 0.5) is 4.39 Å². The zero-order chi connectivity index (χ0) is 13.4. The molecule has 2 nitrogen and oxygen atoms in total. The lowest BCUT2D eigenvalue weighted by Crippen LogP contribution is -2.38. The van der Waals surface area contributed by atoms with Crippen molar-refractivity contribution in [2.45, 2.75) is 31.8 Å². The highest BCUT2D eigenvalue weighted by Crippen LogP contribution is 2.36. The van der Waals surface area contributed by atoms with Crippen molar-refractivity contribution in [3.05, 3.63) is 34.6 Å². The molecule has 1 aromatic carbocycles. The molecule has 1 aliphatic carbocycles. The van der Waals surface area contributed by atoms with Gasteiger partial charge in [0.2, 0.25) is 0 Å². The van der Waals surface area contributed by atoms with Crippen molar-refractivity contribution in [1.29, 1.82) is 0 Å². The summed E-state index contributed by atoms with van der Waals surface area (Å²) in [6, 6.07) is 5.21. The second kappa shape index (κ2) is 5.39. The fraction of sp³-hybridized carbons (Fsp3) is 0.600. The van der Waals surface area contributed by atoms with Crippen LogP contribution in [0.2, 0.25) is 5.02 Å². The standard InChI is InChI=1S/C15H20ClFN2/c16-13-4-2-5-14(17)12(13)9-19-7-10-3-1-6-15(18)11(10)8-19/h2,4-5,10-11,15H,1,3,6-9,18H2. The summed E-state index contributed by atoms with van der Waals surface area (Å²) < 4.78 is 13.8. The number of hydrogen-bond acceptors (Lipinski definition) is 2. The van der Waals surface area contributed by atoms with E-state index in [4.69, 9.17) is 17.3 Å². The molecule has 1 aliphatic heterocycles. The fourth-order valence-corrected chi connectivity index (χ4v) is 3.87. The van der Waals surface area contributed by atoms with E-state index in [2.05, 4.69) is 4.90 Å². The Morgan fingerprint density at radius 2 is 2.16 bits per heavy atom. The maximum absolute atomic E-state index is 13.8.